The van der Waals surface area contributed by atoms with Gasteiger partial charge in [-0.25, -0.2) is 4.98 Å². The number of nitrogens with zero attached hydrogens (tertiary/aromatic N) is 4. The third-order valence-electron chi connectivity index (χ3n) is 8.20. The third-order valence-corrected chi connectivity index (χ3v) is 8.20. The van der Waals surface area contributed by atoms with Crippen LogP contribution in [-0.4, -0.2) is 78.5 Å². The van der Waals surface area contributed by atoms with E-state index in [1.807, 2.05) is 36.5 Å². The number of benzene rings is 1. The molecule has 40 heavy (non-hydrogen) atoms. The summed E-state index contributed by atoms with van der Waals surface area (Å²) in [7, 11) is 2.17. The Morgan fingerprint density at radius 1 is 1.02 bits per heavy atom. The quantitative estimate of drug-likeness (QED) is 0.302. The first-order chi connectivity index (χ1) is 19.6. The van der Waals surface area contributed by atoms with E-state index in [0.717, 1.165) is 72.4 Å². The van der Waals surface area contributed by atoms with Crippen LogP contribution in [0, 0.1) is 17.8 Å². The molecule has 3 aromatic rings. The van der Waals surface area contributed by atoms with Crippen LogP contribution in [0.1, 0.15) is 50.5 Å². The second-order valence-corrected chi connectivity index (χ2v) is 11.2. The molecule has 2 aromatic heterocycles. The molecule has 2 aliphatic heterocycles. The maximum absolute atomic E-state index is 12.2. The smallest absolute Gasteiger partial charge is 0.296 e. The van der Waals surface area contributed by atoms with Crippen molar-refractivity contribution in [2.45, 2.75) is 44.9 Å². The fourth-order valence-corrected chi connectivity index (χ4v) is 5.71. The Balaban J connectivity index is 1.17. The lowest BCUT2D eigenvalue weighted by atomic mass is 9.94. The van der Waals surface area contributed by atoms with E-state index < -0.39 is 0 Å². The number of fused-ring (bicyclic) bond motifs is 1. The van der Waals surface area contributed by atoms with Crippen LogP contribution < -0.4 is 10.6 Å². The molecule has 1 amide bonds. The number of hydrogen-bond donors (Lipinski definition) is 2. The van der Waals surface area contributed by atoms with Crippen molar-refractivity contribution in [2.24, 2.45) is 5.92 Å². The van der Waals surface area contributed by atoms with Crippen LogP contribution in [0.3, 0.4) is 0 Å². The summed E-state index contributed by atoms with van der Waals surface area (Å²) in [6.45, 7) is 7.51. The average molecular weight is 539 g/mol. The van der Waals surface area contributed by atoms with Crippen molar-refractivity contribution < 1.29 is 4.79 Å². The van der Waals surface area contributed by atoms with E-state index >= 15 is 0 Å². The normalized spacial score (nSPS) is 16.8. The van der Waals surface area contributed by atoms with E-state index in [4.69, 9.17) is 4.98 Å². The highest BCUT2D eigenvalue weighted by Gasteiger charge is 2.16. The molecule has 7 heteroatoms. The molecule has 0 radical (unpaired) electrons. The van der Waals surface area contributed by atoms with Gasteiger partial charge in [0.15, 0.2) is 0 Å². The topological polar surface area (TPSA) is 73.4 Å². The van der Waals surface area contributed by atoms with Crippen molar-refractivity contribution in [1.82, 2.24) is 25.1 Å². The zero-order valence-corrected chi connectivity index (χ0v) is 23.8. The van der Waals surface area contributed by atoms with E-state index in [0.29, 0.717) is 12.5 Å². The van der Waals surface area contributed by atoms with Crippen molar-refractivity contribution in [3.8, 4) is 23.1 Å². The van der Waals surface area contributed by atoms with Gasteiger partial charge in [0.1, 0.15) is 0 Å². The molecule has 0 unspecified atom stereocenters. The van der Waals surface area contributed by atoms with Crippen LogP contribution in [0.5, 0.6) is 0 Å². The number of piperidine rings is 2. The number of nitrogens with one attached hydrogen (secondary N) is 2. The molecule has 2 saturated heterocycles. The minimum atomic E-state index is -0.210. The molecule has 5 rings (SSSR count). The highest BCUT2D eigenvalue weighted by atomic mass is 16.1. The summed E-state index contributed by atoms with van der Waals surface area (Å²) >= 11 is 0. The molecule has 1 aromatic carbocycles. The largest absolute Gasteiger partial charge is 0.384 e. The third kappa shape index (κ3) is 8.03. The Morgan fingerprint density at radius 2 is 1.82 bits per heavy atom. The molecular weight excluding hydrogens is 496 g/mol. The van der Waals surface area contributed by atoms with Gasteiger partial charge in [-0.1, -0.05) is 24.5 Å². The molecule has 0 spiro atoms. The lowest BCUT2D eigenvalue weighted by Gasteiger charge is -2.28. The van der Waals surface area contributed by atoms with E-state index in [2.05, 4.69) is 50.4 Å². The number of carbonyl (C=O) groups excluding carboxylic acids is 1. The summed E-state index contributed by atoms with van der Waals surface area (Å²) in [5.41, 5.74) is 4.72. The molecule has 2 fully saturated rings. The monoisotopic (exact) mass is 538 g/mol. The van der Waals surface area contributed by atoms with E-state index in [9.17, 15) is 4.79 Å². The second kappa shape index (κ2) is 14.2. The van der Waals surface area contributed by atoms with Crippen molar-refractivity contribution in [3.05, 3.63) is 54.4 Å². The fraction of sp³-hybridized carbons (Fsp3) is 0.485. The molecule has 2 aliphatic rings. The number of aromatic nitrogens is 2. The number of carbonyl (C=O) groups is 1. The van der Waals surface area contributed by atoms with Gasteiger partial charge in [-0.05, 0) is 108 Å². The number of anilines is 1. The summed E-state index contributed by atoms with van der Waals surface area (Å²) in [4.78, 5) is 26.4. The minimum absolute atomic E-state index is 0.210. The van der Waals surface area contributed by atoms with Gasteiger partial charge in [-0.2, -0.15) is 0 Å². The Morgan fingerprint density at radius 3 is 2.62 bits per heavy atom. The van der Waals surface area contributed by atoms with Gasteiger partial charge in [-0.15, -0.1) is 0 Å². The highest BCUT2D eigenvalue weighted by Crippen LogP contribution is 2.28. The number of rotatable bonds is 9. The first-order valence-electron chi connectivity index (χ1n) is 14.9. The molecule has 0 bridgehead atoms. The van der Waals surface area contributed by atoms with Crippen LogP contribution in [0.2, 0.25) is 0 Å². The number of likely N-dealkylation sites (tertiary alicyclic amines) is 2. The van der Waals surface area contributed by atoms with Gasteiger partial charge in [0.25, 0.3) is 5.91 Å². The molecule has 210 valence electrons. The Bertz CT molecular complexity index is 1310. The molecule has 2 N–H and O–H groups in total. The summed E-state index contributed by atoms with van der Waals surface area (Å²) < 4.78 is 0. The van der Waals surface area contributed by atoms with Crippen molar-refractivity contribution >= 4 is 22.5 Å². The van der Waals surface area contributed by atoms with Gasteiger partial charge in [0.2, 0.25) is 0 Å². The minimum Gasteiger partial charge on any atom is -0.384 e. The Labute approximate surface area is 238 Å². The van der Waals surface area contributed by atoms with E-state index in [1.165, 1.54) is 45.2 Å². The Hall–Kier alpha value is -3.47. The van der Waals surface area contributed by atoms with Gasteiger partial charge in [0, 0.05) is 53.6 Å². The zero-order valence-electron chi connectivity index (χ0n) is 23.8. The van der Waals surface area contributed by atoms with Gasteiger partial charge in [-0.3, -0.25) is 9.78 Å². The summed E-state index contributed by atoms with van der Waals surface area (Å²) in [6.07, 6.45) is 12.3. The SMILES string of the molecule is CN1CCC(CCNC(=O)C#Cc2ccc(-c3cc(NCCCN4CCCCC4)c4cnccc4n3)cc2)CC1. The Kier molecular flexibility index (Phi) is 10.00. The summed E-state index contributed by atoms with van der Waals surface area (Å²) in [5, 5.41) is 7.64. The number of pyridine rings is 2. The predicted octanol–water partition coefficient (Wildman–Crippen LogP) is 4.78. The standard InChI is InChI=1S/C33H42N6O/c1-38-22-14-27(15-23-38)12-18-36-33(40)11-8-26-6-9-28(10-7-26)31-24-32(29-25-34-17-13-30(29)37-31)35-16-5-21-39-19-3-2-4-20-39/h6-7,9-10,13,17,24-25,27H,2-5,12,14-16,18-23H2,1H3,(H,35,37)(H,36,40). The zero-order chi connectivity index (χ0) is 27.6. The molecule has 0 saturated carbocycles. The number of hydrogen-bond acceptors (Lipinski definition) is 6. The van der Waals surface area contributed by atoms with Crippen molar-refractivity contribution in [3.63, 3.8) is 0 Å². The van der Waals surface area contributed by atoms with Crippen molar-refractivity contribution in [2.75, 3.05) is 58.2 Å². The lowest BCUT2D eigenvalue weighted by molar-refractivity contribution is -0.115. The fourth-order valence-electron chi connectivity index (χ4n) is 5.71. The maximum atomic E-state index is 12.2. The first-order valence-corrected chi connectivity index (χ1v) is 14.9. The summed E-state index contributed by atoms with van der Waals surface area (Å²) in [6, 6.07) is 12.0. The van der Waals surface area contributed by atoms with Crippen LogP contribution in [0.4, 0.5) is 5.69 Å². The summed E-state index contributed by atoms with van der Waals surface area (Å²) in [5.74, 6) is 6.24. The number of amides is 1. The van der Waals surface area contributed by atoms with E-state index in [-0.39, 0.29) is 5.91 Å². The van der Waals surface area contributed by atoms with Gasteiger partial charge in [0.05, 0.1) is 11.2 Å². The predicted molar refractivity (Wildman–Crippen MR) is 163 cm³/mol. The lowest BCUT2D eigenvalue weighted by Crippen LogP contribution is -2.32. The van der Waals surface area contributed by atoms with Gasteiger partial charge < -0.3 is 20.4 Å². The van der Waals surface area contributed by atoms with Crippen LogP contribution >= 0.6 is 0 Å². The van der Waals surface area contributed by atoms with E-state index in [1.54, 1.807) is 6.20 Å². The molecule has 7 nitrogen and oxygen atoms in total. The van der Waals surface area contributed by atoms with Gasteiger partial charge >= 0.3 is 0 Å². The first kappa shape index (κ1) is 28.1. The molecular formula is C33H42N6O. The van der Waals surface area contributed by atoms with Crippen LogP contribution in [0.15, 0.2) is 48.8 Å². The van der Waals surface area contributed by atoms with Crippen LogP contribution in [0.25, 0.3) is 22.2 Å². The van der Waals surface area contributed by atoms with Crippen molar-refractivity contribution in [1.29, 1.82) is 0 Å². The molecule has 0 atom stereocenters. The highest BCUT2D eigenvalue weighted by molar-refractivity contribution is 5.94. The molecule has 4 heterocycles. The van der Waals surface area contributed by atoms with Crippen LogP contribution in [-0.2, 0) is 4.79 Å². The second-order valence-electron chi connectivity index (χ2n) is 11.2. The maximum Gasteiger partial charge on any atom is 0.296 e. The average Bonchev–Trinajstić information content (AvgIpc) is 3.00. The molecule has 0 aliphatic carbocycles.